The maximum absolute atomic E-state index is 11.5. The monoisotopic (exact) mass is 355 g/mol. The van der Waals surface area contributed by atoms with Crippen molar-refractivity contribution >= 4 is 40.6 Å². The molecule has 5 nitrogen and oxygen atoms in total. The molecule has 2 rings (SSSR count). The Hall–Kier alpha value is -1.37. The zero-order chi connectivity index (χ0) is 16.8. The summed E-state index contributed by atoms with van der Waals surface area (Å²) >= 11 is 11.7. The highest BCUT2D eigenvalue weighted by atomic mass is 35.5. The molecule has 0 spiro atoms. The lowest BCUT2D eigenvalue weighted by Gasteiger charge is -2.35. The van der Waals surface area contributed by atoms with Crippen LogP contribution in [0.1, 0.15) is 12.5 Å². The number of carbonyl (C=O) groups excluding carboxylic acids is 1. The average molecular weight is 356 g/mol. The van der Waals surface area contributed by atoms with E-state index in [2.05, 4.69) is 15.1 Å². The maximum Gasteiger partial charge on any atom is 0.320 e. The summed E-state index contributed by atoms with van der Waals surface area (Å²) in [5.74, 6) is -0.173. The van der Waals surface area contributed by atoms with Crippen molar-refractivity contribution in [3.63, 3.8) is 0 Å². The quantitative estimate of drug-likeness (QED) is 0.661. The number of esters is 1. The number of aryl methyl sites for hydroxylation is 1. The van der Waals surface area contributed by atoms with Crippen LogP contribution in [0.15, 0.2) is 18.2 Å². The van der Waals surface area contributed by atoms with Crippen LogP contribution in [0.3, 0.4) is 0 Å². The number of nitrogens with zero attached hydrogens (tertiary/aromatic N) is 2. The van der Waals surface area contributed by atoms with E-state index >= 15 is 0 Å². The van der Waals surface area contributed by atoms with Crippen LogP contribution in [-0.4, -0.2) is 60.2 Å². The zero-order valence-corrected chi connectivity index (χ0v) is 15.0. The first-order chi connectivity index (χ1) is 11.0. The highest BCUT2D eigenvalue weighted by Gasteiger charge is 2.21. The Bertz CT molecular complexity index is 574. The molecule has 1 N–H and O–H groups in total. The van der Waals surface area contributed by atoms with E-state index in [-0.39, 0.29) is 5.97 Å². The average Bonchev–Trinajstić information content (AvgIpc) is 2.51. The number of piperazine rings is 1. The molecule has 0 saturated carbocycles. The minimum atomic E-state index is -0.173. The molecule has 0 unspecified atom stereocenters. The second-order valence-corrected chi connectivity index (χ2v) is 6.28. The van der Waals surface area contributed by atoms with E-state index in [4.69, 9.17) is 28.6 Å². The van der Waals surface area contributed by atoms with E-state index in [9.17, 15) is 4.79 Å². The summed E-state index contributed by atoms with van der Waals surface area (Å²) in [6.45, 7) is 7.68. The molecule has 0 radical (unpaired) electrons. The van der Waals surface area contributed by atoms with E-state index in [1.807, 2.05) is 32.0 Å². The molecule has 1 aliphatic heterocycles. The van der Waals surface area contributed by atoms with Crippen LogP contribution in [0.5, 0.6) is 0 Å². The van der Waals surface area contributed by atoms with Crippen LogP contribution in [0.25, 0.3) is 0 Å². The van der Waals surface area contributed by atoms with Gasteiger partial charge in [0, 0.05) is 26.2 Å². The summed E-state index contributed by atoms with van der Waals surface area (Å²) in [5, 5.41) is 4.52. The number of ether oxygens (including phenoxy) is 1. The van der Waals surface area contributed by atoms with Crippen molar-refractivity contribution in [3.8, 4) is 0 Å². The molecule has 0 amide bonds. The van der Waals surface area contributed by atoms with E-state index < -0.39 is 0 Å². The molecule has 0 aliphatic carbocycles. The molecule has 0 atom stereocenters. The molecule has 1 heterocycles. The molecular formula is C16H22ClN3O2S. The Labute approximate surface area is 147 Å². The standard InChI is InChI=1S/C16H22ClN3O2S/c1-3-22-15(21)11-19-6-8-20(9-7-19)16(23)18-14-5-4-12(2)10-13(14)17/h4-5,10H,3,6-9,11H2,1-2H3,(H,18,23). The number of nitrogens with one attached hydrogen (secondary N) is 1. The third-order valence-corrected chi connectivity index (χ3v) is 4.36. The van der Waals surface area contributed by atoms with Crippen LogP contribution in [0.4, 0.5) is 5.69 Å². The second-order valence-electron chi connectivity index (χ2n) is 5.48. The lowest BCUT2D eigenvalue weighted by atomic mass is 10.2. The SMILES string of the molecule is CCOC(=O)CN1CCN(C(=S)Nc2ccc(C)cc2Cl)CC1. The number of carbonyl (C=O) groups is 1. The van der Waals surface area contributed by atoms with Crippen molar-refractivity contribution in [3.05, 3.63) is 28.8 Å². The largest absolute Gasteiger partial charge is 0.465 e. The Balaban J connectivity index is 1.82. The van der Waals surface area contributed by atoms with Gasteiger partial charge in [-0.15, -0.1) is 0 Å². The minimum Gasteiger partial charge on any atom is -0.465 e. The Morgan fingerprint density at radius 2 is 2.04 bits per heavy atom. The van der Waals surface area contributed by atoms with E-state index in [0.717, 1.165) is 37.4 Å². The summed E-state index contributed by atoms with van der Waals surface area (Å²) in [6, 6.07) is 5.83. The van der Waals surface area contributed by atoms with Crippen molar-refractivity contribution in [1.29, 1.82) is 0 Å². The van der Waals surface area contributed by atoms with Gasteiger partial charge in [-0.2, -0.15) is 0 Å². The molecule has 0 aromatic heterocycles. The normalized spacial score (nSPS) is 15.3. The highest BCUT2D eigenvalue weighted by Crippen LogP contribution is 2.23. The van der Waals surface area contributed by atoms with Crippen molar-refractivity contribution in [1.82, 2.24) is 9.80 Å². The lowest BCUT2D eigenvalue weighted by molar-refractivity contribution is -0.144. The summed E-state index contributed by atoms with van der Waals surface area (Å²) in [5.41, 5.74) is 1.93. The smallest absolute Gasteiger partial charge is 0.320 e. The molecule has 0 bridgehead atoms. The fourth-order valence-corrected chi connectivity index (χ4v) is 2.99. The molecule has 1 aromatic rings. The fourth-order valence-electron chi connectivity index (χ4n) is 2.41. The number of hydrogen-bond donors (Lipinski definition) is 1. The first-order valence-electron chi connectivity index (χ1n) is 7.69. The van der Waals surface area contributed by atoms with E-state index in [1.165, 1.54) is 0 Å². The second kappa shape index (κ2) is 8.47. The van der Waals surface area contributed by atoms with Gasteiger partial charge in [-0.1, -0.05) is 17.7 Å². The van der Waals surface area contributed by atoms with Gasteiger partial charge >= 0.3 is 5.97 Å². The molecule has 1 aliphatic rings. The summed E-state index contributed by atoms with van der Waals surface area (Å²) in [6.07, 6.45) is 0. The Kier molecular flexibility index (Phi) is 6.62. The van der Waals surface area contributed by atoms with Crippen molar-refractivity contribution in [2.24, 2.45) is 0 Å². The number of hydrogen-bond acceptors (Lipinski definition) is 4. The van der Waals surface area contributed by atoms with Gasteiger partial charge in [0.05, 0.1) is 23.9 Å². The lowest BCUT2D eigenvalue weighted by Crippen LogP contribution is -2.51. The van der Waals surface area contributed by atoms with Crippen LogP contribution < -0.4 is 5.32 Å². The molecule has 23 heavy (non-hydrogen) atoms. The van der Waals surface area contributed by atoms with Gasteiger partial charge in [0.2, 0.25) is 0 Å². The van der Waals surface area contributed by atoms with Gasteiger partial charge in [-0.25, -0.2) is 0 Å². The predicted octanol–water partition coefficient (Wildman–Crippen LogP) is 2.53. The van der Waals surface area contributed by atoms with Crippen LogP contribution in [0, 0.1) is 6.92 Å². The molecule has 1 saturated heterocycles. The topological polar surface area (TPSA) is 44.8 Å². The first kappa shape index (κ1) is 18.0. The van der Waals surface area contributed by atoms with Crippen LogP contribution >= 0.6 is 23.8 Å². The summed E-state index contributed by atoms with van der Waals surface area (Å²) < 4.78 is 4.97. The van der Waals surface area contributed by atoms with Gasteiger partial charge in [0.1, 0.15) is 0 Å². The van der Waals surface area contributed by atoms with Gasteiger partial charge in [0.25, 0.3) is 0 Å². The molecule has 126 valence electrons. The van der Waals surface area contributed by atoms with Gasteiger partial charge in [-0.3, -0.25) is 9.69 Å². The highest BCUT2D eigenvalue weighted by molar-refractivity contribution is 7.80. The van der Waals surface area contributed by atoms with E-state index in [0.29, 0.717) is 23.3 Å². The van der Waals surface area contributed by atoms with Gasteiger partial charge < -0.3 is 15.0 Å². The number of anilines is 1. The van der Waals surface area contributed by atoms with Crippen molar-refractivity contribution < 1.29 is 9.53 Å². The number of rotatable bonds is 4. The molecular weight excluding hydrogens is 334 g/mol. The summed E-state index contributed by atoms with van der Waals surface area (Å²) in [4.78, 5) is 15.7. The first-order valence-corrected chi connectivity index (χ1v) is 8.48. The third-order valence-electron chi connectivity index (χ3n) is 3.68. The van der Waals surface area contributed by atoms with Crippen molar-refractivity contribution in [2.45, 2.75) is 13.8 Å². The fraction of sp³-hybridized carbons (Fsp3) is 0.500. The number of halogens is 1. The molecule has 1 aromatic carbocycles. The molecule has 7 heteroatoms. The zero-order valence-electron chi connectivity index (χ0n) is 13.5. The third kappa shape index (κ3) is 5.34. The Morgan fingerprint density at radius 1 is 1.35 bits per heavy atom. The van der Waals surface area contributed by atoms with Crippen LogP contribution in [-0.2, 0) is 9.53 Å². The van der Waals surface area contributed by atoms with Crippen molar-refractivity contribution in [2.75, 3.05) is 44.6 Å². The summed E-state index contributed by atoms with van der Waals surface area (Å²) in [7, 11) is 0. The molecule has 1 fully saturated rings. The van der Waals surface area contributed by atoms with E-state index in [1.54, 1.807) is 0 Å². The van der Waals surface area contributed by atoms with Gasteiger partial charge in [-0.05, 0) is 43.8 Å². The van der Waals surface area contributed by atoms with Gasteiger partial charge in [0.15, 0.2) is 5.11 Å². The maximum atomic E-state index is 11.5. The minimum absolute atomic E-state index is 0.173. The number of thiocarbonyl (C=S) groups is 1. The Morgan fingerprint density at radius 3 is 2.65 bits per heavy atom. The predicted molar refractivity (Wildman–Crippen MR) is 97.1 cm³/mol. The number of benzene rings is 1. The van der Waals surface area contributed by atoms with Crippen LogP contribution in [0.2, 0.25) is 5.02 Å².